The summed E-state index contributed by atoms with van der Waals surface area (Å²) < 4.78 is 24.9. The predicted molar refractivity (Wildman–Crippen MR) is 71.0 cm³/mol. The highest BCUT2D eigenvalue weighted by Crippen LogP contribution is 2.50. The maximum Gasteiger partial charge on any atom is 0.179 e. The Morgan fingerprint density at radius 2 is 2.00 bits per heavy atom. The fourth-order valence-electron chi connectivity index (χ4n) is 2.81. The summed E-state index contributed by atoms with van der Waals surface area (Å²) in [6.45, 7) is 0. The average molecular weight is 326 g/mol. The van der Waals surface area contributed by atoms with Gasteiger partial charge in [-0.1, -0.05) is 0 Å². The van der Waals surface area contributed by atoms with Gasteiger partial charge in [0, 0.05) is 4.47 Å². The highest BCUT2D eigenvalue weighted by molar-refractivity contribution is 9.10. The normalized spacial score (nSPS) is 25.2. The molecule has 3 nitrogen and oxygen atoms in total. The molecule has 1 atom stereocenters. The summed E-state index contributed by atoms with van der Waals surface area (Å²) in [6, 6.07) is 5.47. The van der Waals surface area contributed by atoms with Crippen molar-refractivity contribution in [3.63, 3.8) is 0 Å². The molecule has 5 heteroatoms. The molecule has 0 radical (unpaired) electrons. The van der Waals surface area contributed by atoms with Gasteiger partial charge in [0.15, 0.2) is 9.84 Å². The van der Waals surface area contributed by atoms with Crippen molar-refractivity contribution in [1.82, 2.24) is 0 Å². The van der Waals surface area contributed by atoms with Crippen molar-refractivity contribution in [1.29, 1.82) is 5.26 Å². The van der Waals surface area contributed by atoms with Crippen LogP contribution in [0.5, 0.6) is 0 Å². The summed E-state index contributed by atoms with van der Waals surface area (Å²) in [6.07, 6.45) is 3.05. The van der Waals surface area contributed by atoms with Gasteiger partial charge in [0.05, 0.1) is 22.3 Å². The number of sulfone groups is 1. The fourth-order valence-corrected chi connectivity index (χ4v) is 5.72. The van der Waals surface area contributed by atoms with E-state index in [1.165, 1.54) is 12.8 Å². The van der Waals surface area contributed by atoms with E-state index < -0.39 is 9.84 Å². The summed E-state index contributed by atoms with van der Waals surface area (Å²) in [4.78, 5) is 0.421. The first-order chi connectivity index (χ1) is 8.53. The van der Waals surface area contributed by atoms with Crippen molar-refractivity contribution in [2.45, 2.75) is 30.1 Å². The molecule has 94 valence electrons. The number of nitrogens with zero attached hydrogens (tertiary/aromatic N) is 1. The zero-order valence-electron chi connectivity index (χ0n) is 9.69. The Labute approximate surface area is 115 Å². The molecule has 1 aromatic carbocycles. The maximum atomic E-state index is 12.2. The molecule has 3 rings (SSSR count). The first-order valence-electron chi connectivity index (χ1n) is 5.99. The van der Waals surface area contributed by atoms with Crippen LogP contribution in [0.2, 0.25) is 0 Å². The van der Waals surface area contributed by atoms with E-state index in [4.69, 9.17) is 5.26 Å². The van der Waals surface area contributed by atoms with Gasteiger partial charge in [-0.15, -0.1) is 0 Å². The van der Waals surface area contributed by atoms with Crippen LogP contribution < -0.4 is 0 Å². The van der Waals surface area contributed by atoms with Gasteiger partial charge < -0.3 is 0 Å². The lowest BCUT2D eigenvalue weighted by atomic mass is 9.90. The van der Waals surface area contributed by atoms with Crippen LogP contribution in [0.1, 0.15) is 36.3 Å². The Morgan fingerprint density at radius 1 is 1.28 bits per heavy atom. The molecule has 18 heavy (non-hydrogen) atoms. The average Bonchev–Trinajstić information content (AvgIpc) is 3.11. The summed E-state index contributed by atoms with van der Waals surface area (Å²) in [5.74, 6) is 1.15. The van der Waals surface area contributed by atoms with Crippen LogP contribution in [0.4, 0.5) is 0 Å². The van der Waals surface area contributed by atoms with Gasteiger partial charge in [0.1, 0.15) is 0 Å². The second kappa shape index (κ2) is 4.07. The molecule has 0 saturated heterocycles. The minimum Gasteiger partial charge on any atom is -0.224 e. The molecular weight excluding hydrogens is 314 g/mol. The topological polar surface area (TPSA) is 57.9 Å². The predicted octanol–water partition coefficient (Wildman–Crippen LogP) is 2.99. The van der Waals surface area contributed by atoms with Gasteiger partial charge in [-0.25, -0.2) is 8.42 Å². The standard InChI is InChI=1S/C13H12BrNO2S/c14-12-6-8(7-15)5-11-10(9-1-2-9)3-4-18(16,17)13(11)12/h5-6,9-10H,1-4H2. The van der Waals surface area contributed by atoms with Crippen LogP contribution in [-0.4, -0.2) is 14.2 Å². The van der Waals surface area contributed by atoms with Gasteiger partial charge >= 0.3 is 0 Å². The molecular formula is C13H12BrNO2S. The first kappa shape index (κ1) is 12.2. The van der Waals surface area contributed by atoms with E-state index in [1.54, 1.807) is 12.1 Å². The van der Waals surface area contributed by atoms with E-state index in [0.29, 0.717) is 33.2 Å². The molecule has 2 aliphatic rings. The molecule has 1 aromatic rings. The Bertz CT molecular complexity index is 656. The molecule has 1 aliphatic carbocycles. The Morgan fingerprint density at radius 3 is 2.61 bits per heavy atom. The number of fused-ring (bicyclic) bond motifs is 1. The van der Waals surface area contributed by atoms with Crippen LogP contribution in [0.15, 0.2) is 21.5 Å². The molecule has 1 saturated carbocycles. The van der Waals surface area contributed by atoms with Crippen LogP contribution >= 0.6 is 15.9 Å². The van der Waals surface area contributed by atoms with E-state index in [-0.39, 0.29) is 5.75 Å². The SMILES string of the molecule is N#Cc1cc(Br)c2c(c1)C(C1CC1)CCS2(=O)=O. The minimum absolute atomic E-state index is 0.228. The summed E-state index contributed by atoms with van der Waals surface area (Å²) in [5, 5.41) is 9.01. The molecule has 1 heterocycles. The van der Waals surface area contributed by atoms with Gasteiger partial charge in [0.2, 0.25) is 0 Å². The summed E-state index contributed by atoms with van der Waals surface area (Å²) in [5.41, 5.74) is 1.39. The third-order valence-corrected chi connectivity index (χ3v) is 6.54. The van der Waals surface area contributed by atoms with Crippen molar-refractivity contribution < 1.29 is 8.42 Å². The van der Waals surface area contributed by atoms with Crippen molar-refractivity contribution >= 4 is 25.8 Å². The maximum absolute atomic E-state index is 12.2. The first-order valence-corrected chi connectivity index (χ1v) is 8.44. The Balaban J connectivity index is 2.25. The van der Waals surface area contributed by atoms with Crippen molar-refractivity contribution in [3.8, 4) is 6.07 Å². The molecule has 0 aromatic heterocycles. The third-order valence-electron chi connectivity index (χ3n) is 3.80. The van der Waals surface area contributed by atoms with Gasteiger partial charge in [-0.05, 0) is 64.7 Å². The minimum atomic E-state index is -3.19. The molecule has 0 N–H and O–H groups in total. The second-order valence-corrected chi connectivity index (χ2v) is 7.94. The smallest absolute Gasteiger partial charge is 0.179 e. The van der Waals surface area contributed by atoms with E-state index in [2.05, 4.69) is 22.0 Å². The molecule has 1 unspecified atom stereocenters. The van der Waals surface area contributed by atoms with Crippen LogP contribution in [0, 0.1) is 17.2 Å². The van der Waals surface area contributed by atoms with E-state index in [1.807, 2.05) is 0 Å². The molecule has 0 amide bonds. The van der Waals surface area contributed by atoms with E-state index in [0.717, 1.165) is 5.56 Å². The van der Waals surface area contributed by atoms with Gasteiger partial charge in [-0.2, -0.15) is 5.26 Å². The number of hydrogen-bond donors (Lipinski definition) is 0. The molecule has 0 spiro atoms. The lowest BCUT2D eigenvalue weighted by molar-refractivity contribution is 0.533. The number of nitriles is 1. The largest absolute Gasteiger partial charge is 0.224 e. The zero-order valence-corrected chi connectivity index (χ0v) is 12.1. The van der Waals surface area contributed by atoms with E-state index >= 15 is 0 Å². The van der Waals surface area contributed by atoms with Crippen molar-refractivity contribution in [3.05, 3.63) is 27.7 Å². The van der Waals surface area contributed by atoms with Crippen LogP contribution in [-0.2, 0) is 9.84 Å². The van der Waals surface area contributed by atoms with Crippen molar-refractivity contribution in [2.24, 2.45) is 5.92 Å². The number of hydrogen-bond acceptors (Lipinski definition) is 3. The lowest BCUT2D eigenvalue weighted by Crippen LogP contribution is -2.22. The number of halogens is 1. The second-order valence-electron chi connectivity index (χ2n) is 5.04. The van der Waals surface area contributed by atoms with Crippen LogP contribution in [0.25, 0.3) is 0 Å². The highest BCUT2D eigenvalue weighted by atomic mass is 79.9. The number of rotatable bonds is 1. The summed E-state index contributed by atoms with van der Waals surface area (Å²) >= 11 is 3.32. The fraction of sp³-hybridized carbons (Fsp3) is 0.462. The van der Waals surface area contributed by atoms with Gasteiger partial charge in [-0.3, -0.25) is 0 Å². The van der Waals surface area contributed by atoms with Crippen LogP contribution in [0.3, 0.4) is 0 Å². The monoisotopic (exact) mass is 325 g/mol. The van der Waals surface area contributed by atoms with Crippen molar-refractivity contribution in [2.75, 3.05) is 5.75 Å². The van der Waals surface area contributed by atoms with Gasteiger partial charge in [0.25, 0.3) is 0 Å². The molecule has 0 bridgehead atoms. The zero-order chi connectivity index (χ0) is 12.9. The third kappa shape index (κ3) is 1.88. The quantitative estimate of drug-likeness (QED) is 0.797. The summed E-state index contributed by atoms with van der Waals surface area (Å²) in [7, 11) is -3.19. The Hall–Kier alpha value is -0.860. The number of benzene rings is 1. The Kier molecular flexibility index (Phi) is 2.76. The lowest BCUT2D eigenvalue weighted by Gasteiger charge is -2.26. The molecule has 1 aliphatic heterocycles. The van der Waals surface area contributed by atoms with E-state index in [9.17, 15) is 8.42 Å². The molecule has 1 fully saturated rings. The highest BCUT2D eigenvalue weighted by Gasteiger charge is 2.40.